The molecule has 0 fully saturated rings. The minimum absolute atomic E-state index is 0.153. The molecule has 0 unspecified atom stereocenters. The predicted molar refractivity (Wildman–Crippen MR) is 85.3 cm³/mol. The zero-order chi connectivity index (χ0) is 14.8. The highest BCUT2D eigenvalue weighted by Gasteiger charge is 2.25. The number of aromatic nitrogens is 1. The molecule has 1 aromatic heterocycles. The van der Waals surface area contributed by atoms with Crippen LogP contribution in [0.3, 0.4) is 0 Å². The Hall–Kier alpha value is -1.40. The molecule has 0 bridgehead atoms. The molecule has 0 saturated carbocycles. The van der Waals surface area contributed by atoms with Crippen molar-refractivity contribution in [2.75, 3.05) is 18.6 Å². The van der Waals surface area contributed by atoms with E-state index in [1.165, 1.54) is 7.11 Å². The van der Waals surface area contributed by atoms with Crippen LogP contribution in [0.15, 0.2) is 34.2 Å². The Kier molecular flexibility index (Phi) is 4.26. The normalized spacial score (nSPS) is 14.2. The van der Waals surface area contributed by atoms with E-state index in [0.29, 0.717) is 18.6 Å². The van der Waals surface area contributed by atoms with E-state index < -0.39 is 0 Å². The lowest BCUT2D eigenvalue weighted by molar-refractivity contribution is -0.140. The first-order valence-corrected chi connectivity index (χ1v) is 8.68. The van der Waals surface area contributed by atoms with Gasteiger partial charge in [-0.25, -0.2) is 0 Å². The number of methoxy groups -OCH3 is 1. The number of ether oxygens (including phenoxy) is 1. The highest BCUT2D eigenvalue weighted by atomic mass is 32.2. The first-order chi connectivity index (χ1) is 10.2. The SMILES string of the molecule is COC(=O)CCSc1c2n(c3ccccc13)C(=O)CCS2. The van der Waals surface area contributed by atoms with Crippen LogP contribution in [0.25, 0.3) is 10.9 Å². The zero-order valence-electron chi connectivity index (χ0n) is 11.6. The average Bonchev–Trinajstić information content (AvgIpc) is 2.83. The highest BCUT2D eigenvalue weighted by molar-refractivity contribution is 8.02. The van der Waals surface area contributed by atoms with E-state index in [1.807, 2.05) is 28.8 Å². The molecule has 0 aliphatic carbocycles. The van der Waals surface area contributed by atoms with Crippen molar-refractivity contribution in [1.82, 2.24) is 4.57 Å². The third-order valence-electron chi connectivity index (χ3n) is 3.37. The first kappa shape index (κ1) is 14.5. The van der Waals surface area contributed by atoms with Gasteiger partial charge in [0.2, 0.25) is 5.91 Å². The summed E-state index contributed by atoms with van der Waals surface area (Å²) in [6.45, 7) is 0. The Balaban J connectivity index is 1.97. The second-order valence-electron chi connectivity index (χ2n) is 4.65. The number of hydrogen-bond donors (Lipinski definition) is 0. The number of hydrogen-bond acceptors (Lipinski definition) is 5. The van der Waals surface area contributed by atoms with Gasteiger partial charge in [0.25, 0.3) is 0 Å². The lowest BCUT2D eigenvalue weighted by atomic mass is 10.2. The van der Waals surface area contributed by atoms with Gasteiger partial charge in [-0.2, -0.15) is 0 Å². The Morgan fingerprint density at radius 2 is 2.24 bits per heavy atom. The molecule has 110 valence electrons. The Labute approximate surface area is 131 Å². The van der Waals surface area contributed by atoms with Crippen molar-refractivity contribution in [3.05, 3.63) is 24.3 Å². The molecule has 0 atom stereocenters. The molecule has 0 N–H and O–H groups in total. The summed E-state index contributed by atoms with van der Waals surface area (Å²) in [7, 11) is 1.40. The van der Waals surface area contributed by atoms with Crippen LogP contribution in [-0.2, 0) is 9.53 Å². The van der Waals surface area contributed by atoms with Crippen LogP contribution < -0.4 is 0 Å². The largest absolute Gasteiger partial charge is 0.469 e. The highest BCUT2D eigenvalue weighted by Crippen LogP contribution is 2.42. The molecule has 3 rings (SSSR count). The number of benzene rings is 1. The molecule has 6 heteroatoms. The molecule has 4 nitrogen and oxygen atoms in total. The topological polar surface area (TPSA) is 48.3 Å². The molecule has 1 aliphatic heterocycles. The predicted octanol–water partition coefficient (Wildman–Crippen LogP) is 3.43. The number of para-hydroxylation sites is 1. The summed E-state index contributed by atoms with van der Waals surface area (Å²) in [6, 6.07) is 7.95. The summed E-state index contributed by atoms with van der Waals surface area (Å²) in [5.41, 5.74) is 0.963. The fraction of sp³-hybridized carbons (Fsp3) is 0.333. The van der Waals surface area contributed by atoms with E-state index in [9.17, 15) is 9.59 Å². The fourth-order valence-corrected chi connectivity index (χ4v) is 4.80. The minimum Gasteiger partial charge on any atom is -0.469 e. The summed E-state index contributed by atoms with van der Waals surface area (Å²) < 4.78 is 6.49. The van der Waals surface area contributed by atoms with E-state index >= 15 is 0 Å². The second kappa shape index (κ2) is 6.15. The van der Waals surface area contributed by atoms with Crippen molar-refractivity contribution in [2.24, 2.45) is 0 Å². The summed E-state index contributed by atoms with van der Waals surface area (Å²) in [5, 5.41) is 2.10. The second-order valence-corrected chi connectivity index (χ2v) is 6.84. The van der Waals surface area contributed by atoms with Gasteiger partial charge >= 0.3 is 5.97 Å². The maximum absolute atomic E-state index is 12.2. The minimum atomic E-state index is -0.205. The van der Waals surface area contributed by atoms with Crippen LogP contribution >= 0.6 is 23.5 Å². The van der Waals surface area contributed by atoms with E-state index in [0.717, 1.165) is 26.6 Å². The monoisotopic (exact) mass is 321 g/mol. The van der Waals surface area contributed by atoms with Gasteiger partial charge in [-0.05, 0) is 6.07 Å². The van der Waals surface area contributed by atoms with E-state index in [2.05, 4.69) is 4.74 Å². The summed E-state index contributed by atoms with van der Waals surface area (Å²) in [6.07, 6.45) is 0.946. The van der Waals surface area contributed by atoms with Crippen molar-refractivity contribution in [3.63, 3.8) is 0 Å². The van der Waals surface area contributed by atoms with Crippen LogP contribution in [0.1, 0.15) is 17.6 Å². The zero-order valence-corrected chi connectivity index (χ0v) is 13.3. The molecule has 0 amide bonds. The third-order valence-corrected chi connectivity index (χ3v) is 5.68. The van der Waals surface area contributed by atoms with Gasteiger partial charge in [0.15, 0.2) is 0 Å². The molecular weight excluding hydrogens is 306 g/mol. The van der Waals surface area contributed by atoms with Crippen LogP contribution in [0, 0.1) is 0 Å². The van der Waals surface area contributed by atoms with Gasteiger partial charge in [-0.1, -0.05) is 18.2 Å². The average molecular weight is 321 g/mol. The summed E-state index contributed by atoms with van der Waals surface area (Å²) in [5.74, 6) is 1.42. The van der Waals surface area contributed by atoms with Crippen molar-refractivity contribution in [1.29, 1.82) is 0 Å². The third kappa shape index (κ3) is 2.70. The number of nitrogens with zero attached hydrogens (tertiary/aromatic N) is 1. The number of esters is 1. The standard InChI is InChI=1S/C15H15NO3S2/c1-19-13(18)7-9-20-14-10-4-2-3-5-11(10)16-12(17)6-8-21-15(14)16/h2-5H,6-9H2,1H3. The lowest BCUT2D eigenvalue weighted by Gasteiger charge is -2.14. The van der Waals surface area contributed by atoms with Gasteiger partial charge in [-0.15, -0.1) is 23.5 Å². The number of rotatable bonds is 4. The van der Waals surface area contributed by atoms with E-state index in [1.54, 1.807) is 23.5 Å². The number of thioether (sulfide) groups is 2. The lowest BCUT2D eigenvalue weighted by Crippen LogP contribution is -2.16. The van der Waals surface area contributed by atoms with Crippen molar-refractivity contribution in [3.8, 4) is 0 Å². The molecule has 0 saturated heterocycles. The molecule has 0 radical (unpaired) electrons. The Bertz CT molecular complexity index is 708. The van der Waals surface area contributed by atoms with Crippen LogP contribution in [0.2, 0.25) is 0 Å². The van der Waals surface area contributed by atoms with Crippen LogP contribution in [-0.4, -0.2) is 35.1 Å². The van der Waals surface area contributed by atoms with Gasteiger partial charge in [0, 0.05) is 28.2 Å². The molecule has 2 heterocycles. The van der Waals surface area contributed by atoms with E-state index in [-0.39, 0.29) is 11.9 Å². The van der Waals surface area contributed by atoms with Gasteiger partial charge in [0.1, 0.15) is 0 Å². The van der Waals surface area contributed by atoms with Gasteiger partial charge in [0.05, 0.1) is 24.1 Å². The Morgan fingerprint density at radius 3 is 3.05 bits per heavy atom. The molecule has 1 aromatic carbocycles. The maximum Gasteiger partial charge on any atom is 0.306 e. The van der Waals surface area contributed by atoms with Crippen molar-refractivity contribution < 1.29 is 14.3 Å². The van der Waals surface area contributed by atoms with E-state index in [4.69, 9.17) is 0 Å². The Morgan fingerprint density at radius 1 is 1.43 bits per heavy atom. The van der Waals surface area contributed by atoms with Crippen molar-refractivity contribution in [2.45, 2.75) is 22.8 Å². The van der Waals surface area contributed by atoms with Crippen LogP contribution in [0.4, 0.5) is 0 Å². The smallest absolute Gasteiger partial charge is 0.306 e. The summed E-state index contributed by atoms with van der Waals surface area (Å²) in [4.78, 5) is 24.6. The maximum atomic E-state index is 12.2. The molecular formula is C15H15NO3S2. The molecule has 1 aliphatic rings. The quantitative estimate of drug-likeness (QED) is 0.638. The molecule has 2 aromatic rings. The number of fused-ring (bicyclic) bond motifs is 3. The summed E-state index contributed by atoms with van der Waals surface area (Å²) >= 11 is 3.34. The van der Waals surface area contributed by atoms with Gasteiger partial charge in [-0.3, -0.25) is 14.2 Å². The van der Waals surface area contributed by atoms with Crippen LogP contribution in [0.5, 0.6) is 0 Å². The number of carbonyl (C=O) groups is 2. The number of carbonyl (C=O) groups excluding carboxylic acids is 2. The fourth-order valence-electron chi connectivity index (χ4n) is 2.39. The molecule has 0 spiro atoms. The first-order valence-electron chi connectivity index (χ1n) is 6.71. The molecule has 21 heavy (non-hydrogen) atoms. The van der Waals surface area contributed by atoms with Crippen molar-refractivity contribution >= 4 is 46.3 Å². The van der Waals surface area contributed by atoms with Gasteiger partial charge < -0.3 is 4.74 Å².